The fourth-order valence-corrected chi connectivity index (χ4v) is 3.71. The standard InChI is InChI=1S/C32H51N3O6/c1-11-12-13-14-16-23-19-24(21-34-28(37)40-31(5,6)7)26(17-15-18-33-27(36)39-30(2,3)4)25(20-23)22-35-29(38)41-32(8,9)10/h19-20H,11-14,16,18,21-22H2,1-10H3,(H,33,36)(H,34,37)(H,35,38). The molecule has 41 heavy (non-hydrogen) atoms. The summed E-state index contributed by atoms with van der Waals surface area (Å²) in [6.45, 7) is 18.8. The molecule has 0 saturated heterocycles. The van der Waals surface area contributed by atoms with Crippen LogP contribution in [0.4, 0.5) is 14.4 Å². The zero-order valence-corrected chi connectivity index (χ0v) is 26.8. The molecular weight excluding hydrogens is 522 g/mol. The molecule has 0 aliphatic rings. The minimum atomic E-state index is -0.635. The fraction of sp³-hybridized carbons (Fsp3) is 0.656. The van der Waals surface area contributed by atoms with Crippen LogP contribution < -0.4 is 16.0 Å². The van der Waals surface area contributed by atoms with Gasteiger partial charge in [-0.3, -0.25) is 0 Å². The predicted molar refractivity (Wildman–Crippen MR) is 162 cm³/mol. The molecule has 0 radical (unpaired) electrons. The van der Waals surface area contributed by atoms with Gasteiger partial charge in [0.25, 0.3) is 0 Å². The van der Waals surface area contributed by atoms with Crippen LogP contribution in [-0.2, 0) is 33.7 Å². The lowest BCUT2D eigenvalue weighted by Crippen LogP contribution is -2.33. The van der Waals surface area contributed by atoms with Gasteiger partial charge in [-0.1, -0.05) is 50.2 Å². The second kappa shape index (κ2) is 16.1. The van der Waals surface area contributed by atoms with Crippen molar-refractivity contribution in [3.8, 4) is 11.8 Å². The molecule has 0 saturated carbocycles. The maximum Gasteiger partial charge on any atom is 0.408 e. The summed E-state index contributed by atoms with van der Waals surface area (Å²) in [6.07, 6.45) is 3.66. The first-order valence-corrected chi connectivity index (χ1v) is 14.4. The van der Waals surface area contributed by atoms with Gasteiger partial charge in [-0.15, -0.1) is 0 Å². The van der Waals surface area contributed by atoms with E-state index in [1.165, 1.54) is 0 Å². The summed E-state index contributed by atoms with van der Waals surface area (Å²) in [4.78, 5) is 37.0. The molecule has 3 amide bonds. The Balaban J connectivity index is 3.35. The van der Waals surface area contributed by atoms with Gasteiger partial charge in [-0.2, -0.15) is 0 Å². The molecule has 0 spiro atoms. The number of unbranched alkanes of at least 4 members (excludes halogenated alkanes) is 3. The molecule has 0 bridgehead atoms. The van der Waals surface area contributed by atoms with E-state index in [2.05, 4.69) is 34.7 Å². The zero-order chi connectivity index (χ0) is 31.3. The lowest BCUT2D eigenvalue weighted by molar-refractivity contribution is 0.0513. The van der Waals surface area contributed by atoms with Crippen molar-refractivity contribution in [3.05, 3.63) is 34.4 Å². The Morgan fingerprint density at radius 3 is 1.54 bits per heavy atom. The molecule has 0 unspecified atom stereocenters. The number of nitrogens with one attached hydrogen (secondary N) is 3. The van der Waals surface area contributed by atoms with Gasteiger partial charge in [-0.05, 0) is 91.8 Å². The van der Waals surface area contributed by atoms with Gasteiger partial charge in [0.1, 0.15) is 16.8 Å². The molecule has 0 heterocycles. The van der Waals surface area contributed by atoms with E-state index in [-0.39, 0.29) is 19.6 Å². The monoisotopic (exact) mass is 573 g/mol. The first kappa shape index (κ1) is 35.6. The minimum absolute atomic E-state index is 0.0611. The van der Waals surface area contributed by atoms with Crippen LogP contribution in [0, 0.1) is 11.8 Å². The number of aryl methyl sites for hydroxylation is 1. The molecule has 9 nitrogen and oxygen atoms in total. The summed E-state index contributed by atoms with van der Waals surface area (Å²) < 4.78 is 16.1. The SMILES string of the molecule is CCCCCCc1cc(CNC(=O)OC(C)(C)C)c(C#CCNC(=O)OC(C)(C)C)c(CNC(=O)OC(C)(C)C)c1. The lowest BCUT2D eigenvalue weighted by Gasteiger charge is -2.21. The maximum atomic E-state index is 12.5. The van der Waals surface area contributed by atoms with E-state index in [4.69, 9.17) is 14.2 Å². The second-order valence-corrected chi connectivity index (χ2v) is 13.0. The highest BCUT2D eigenvalue weighted by Gasteiger charge is 2.19. The van der Waals surface area contributed by atoms with Crippen molar-refractivity contribution < 1.29 is 28.6 Å². The molecule has 0 fully saturated rings. The Morgan fingerprint density at radius 2 is 1.12 bits per heavy atom. The van der Waals surface area contributed by atoms with Crippen LogP contribution in [0.25, 0.3) is 0 Å². The number of hydrogen-bond donors (Lipinski definition) is 3. The summed E-state index contributed by atoms with van der Waals surface area (Å²) in [7, 11) is 0. The Labute approximate surface area is 246 Å². The molecule has 1 rings (SSSR count). The molecule has 3 N–H and O–H groups in total. The molecule has 9 heteroatoms. The van der Waals surface area contributed by atoms with Gasteiger partial charge in [0.15, 0.2) is 0 Å². The van der Waals surface area contributed by atoms with Crippen LogP contribution in [-0.4, -0.2) is 41.6 Å². The van der Waals surface area contributed by atoms with Crippen molar-refractivity contribution in [2.75, 3.05) is 6.54 Å². The highest BCUT2D eigenvalue weighted by atomic mass is 16.6. The van der Waals surface area contributed by atoms with Gasteiger partial charge < -0.3 is 30.2 Å². The largest absolute Gasteiger partial charge is 0.444 e. The van der Waals surface area contributed by atoms with E-state index in [1.807, 2.05) is 12.1 Å². The molecule has 0 atom stereocenters. The third-order valence-corrected chi connectivity index (χ3v) is 5.26. The average Bonchev–Trinajstić information content (AvgIpc) is 2.79. The molecule has 0 aromatic heterocycles. The summed E-state index contributed by atoms with van der Waals surface area (Å²) in [5, 5.41) is 8.29. The third kappa shape index (κ3) is 17.1. The third-order valence-electron chi connectivity index (χ3n) is 5.26. The Bertz CT molecular complexity index is 1030. The van der Waals surface area contributed by atoms with Crippen LogP contribution >= 0.6 is 0 Å². The number of carbonyl (C=O) groups is 3. The summed E-state index contributed by atoms with van der Waals surface area (Å²) in [5.41, 5.74) is 1.42. The molecule has 1 aromatic carbocycles. The number of ether oxygens (including phenoxy) is 3. The number of carbonyl (C=O) groups excluding carboxylic acids is 3. The van der Waals surface area contributed by atoms with Crippen LogP contribution in [0.15, 0.2) is 12.1 Å². The summed E-state index contributed by atoms with van der Waals surface area (Å²) in [5.74, 6) is 6.12. The first-order chi connectivity index (χ1) is 18.9. The quantitative estimate of drug-likeness (QED) is 0.162. The van der Waals surface area contributed by atoms with Crippen molar-refractivity contribution in [2.45, 2.75) is 131 Å². The van der Waals surface area contributed by atoms with Crippen molar-refractivity contribution in [2.24, 2.45) is 0 Å². The lowest BCUT2D eigenvalue weighted by atomic mass is 9.94. The first-order valence-electron chi connectivity index (χ1n) is 14.4. The van der Waals surface area contributed by atoms with Gasteiger partial charge in [0.2, 0.25) is 0 Å². The fourth-order valence-electron chi connectivity index (χ4n) is 3.71. The topological polar surface area (TPSA) is 115 Å². The molecular formula is C32H51N3O6. The van der Waals surface area contributed by atoms with E-state index in [9.17, 15) is 14.4 Å². The highest BCUT2D eigenvalue weighted by Crippen LogP contribution is 2.21. The van der Waals surface area contributed by atoms with Crippen molar-refractivity contribution in [3.63, 3.8) is 0 Å². The number of amides is 3. The van der Waals surface area contributed by atoms with Gasteiger partial charge in [0.05, 0.1) is 6.54 Å². The highest BCUT2D eigenvalue weighted by molar-refractivity contribution is 5.69. The smallest absolute Gasteiger partial charge is 0.408 e. The minimum Gasteiger partial charge on any atom is -0.444 e. The van der Waals surface area contributed by atoms with Crippen LogP contribution in [0.1, 0.15) is 117 Å². The number of benzene rings is 1. The van der Waals surface area contributed by atoms with Crippen molar-refractivity contribution in [1.29, 1.82) is 0 Å². The molecule has 230 valence electrons. The van der Waals surface area contributed by atoms with Crippen molar-refractivity contribution in [1.82, 2.24) is 16.0 Å². The van der Waals surface area contributed by atoms with E-state index >= 15 is 0 Å². The Morgan fingerprint density at radius 1 is 0.683 bits per heavy atom. The predicted octanol–water partition coefficient (Wildman–Crippen LogP) is 6.74. The van der Waals surface area contributed by atoms with E-state index in [0.29, 0.717) is 5.56 Å². The number of alkyl carbamates (subject to hydrolysis) is 3. The van der Waals surface area contributed by atoms with Crippen molar-refractivity contribution >= 4 is 18.3 Å². The van der Waals surface area contributed by atoms with Gasteiger partial charge >= 0.3 is 18.3 Å². The number of rotatable bonds is 10. The van der Waals surface area contributed by atoms with E-state index in [0.717, 1.165) is 48.8 Å². The number of hydrogen-bond acceptors (Lipinski definition) is 6. The Hall–Kier alpha value is -3.41. The second-order valence-electron chi connectivity index (χ2n) is 13.0. The van der Waals surface area contributed by atoms with E-state index in [1.54, 1.807) is 62.3 Å². The summed E-state index contributed by atoms with van der Waals surface area (Å²) >= 11 is 0. The van der Waals surface area contributed by atoms with Gasteiger partial charge in [0, 0.05) is 18.7 Å². The van der Waals surface area contributed by atoms with Crippen LogP contribution in [0.3, 0.4) is 0 Å². The maximum absolute atomic E-state index is 12.5. The average molecular weight is 574 g/mol. The van der Waals surface area contributed by atoms with E-state index < -0.39 is 35.1 Å². The molecule has 0 aliphatic heterocycles. The zero-order valence-electron chi connectivity index (χ0n) is 26.8. The normalized spacial score (nSPS) is 11.6. The Kier molecular flexibility index (Phi) is 14.0. The molecule has 1 aromatic rings. The van der Waals surface area contributed by atoms with Crippen LogP contribution in [0.5, 0.6) is 0 Å². The summed E-state index contributed by atoms with van der Waals surface area (Å²) in [6, 6.07) is 4.07. The van der Waals surface area contributed by atoms with Gasteiger partial charge in [-0.25, -0.2) is 14.4 Å². The van der Waals surface area contributed by atoms with Crippen LogP contribution in [0.2, 0.25) is 0 Å². The molecule has 0 aliphatic carbocycles.